The van der Waals surface area contributed by atoms with Crippen LogP contribution in [0.4, 0.5) is 5.69 Å². The second-order valence-electron chi connectivity index (χ2n) is 4.46. The Labute approximate surface area is 82.6 Å². The van der Waals surface area contributed by atoms with Gasteiger partial charge in [-0.1, -0.05) is 20.8 Å². The molecule has 2 aromatic heterocycles. The van der Waals surface area contributed by atoms with Crippen LogP contribution in [0.25, 0.3) is 11.0 Å². The number of imidazole rings is 1. The Morgan fingerprint density at radius 1 is 1.29 bits per heavy atom. The van der Waals surface area contributed by atoms with Crippen LogP contribution in [0.2, 0.25) is 0 Å². The minimum atomic E-state index is 0.00542. The van der Waals surface area contributed by atoms with Crippen molar-refractivity contribution in [3.8, 4) is 0 Å². The molecule has 0 bridgehead atoms. The largest absolute Gasteiger partial charge is 0.396 e. The average molecular weight is 190 g/mol. The molecule has 0 aliphatic carbocycles. The molecule has 0 saturated carbocycles. The van der Waals surface area contributed by atoms with Gasteiger partial charge in [-0.15, -0.1) is 0 Å². The highest BCUT2D eigenvalue weighted by Crippen LogP contribution is 2.24. The van der Waals surface area contributed by atoms with E-state index in [0.717, 1.165) is 16.9 Å². The molecule has 0 radical (unpaired) electrons. The van der Waals surface area contributed by atoms with Gasteiger partial charge in [0.15, 0.2) is 0 Å². The lowest BCUT2D eigenvalue weighted by molar-refractivity contribution is 0.554. The van der Waals surface area contributed by atoms with Crippen LogP contribution in [0.5, 0.6) is 0 Å². The smallest absolute Gasteiger partial charge is 0.115 e. The summed E-state index contributed by atoms with van der Waals surface area (Å²) in [5.41, 5.74) is 8.10. The lowest BCUT2D eigenvalue weighted by Crippen LogP contribution is -2.13. The topological polar surface area (TPSA) is 67.6 Å². The van der Waals surface area contributed by atoms with Gasteiger partial charge in [-0.2, -0.15) is 0 Å². The molecule has 2 aromatic rings. The summed E-state index contributed by atoms with van der Waals surface area (Å²) in [5.74, 6) is 0.937. The zero-order chi connectivity index (χ0) is 10.3. The summed E-state index contributed by atoms with van der Waals surface area (Å²) in [6.45, 7) is 6.32. The van der Waals surface area contributed by atoms with Gasteiger partial charge in [0.05, 0.1) is 23.6 Å². The highest BCUT2D eigenvalue weighted by molar-refractivity contribution is 5.85. The number of aromatic amines is 1. The van der Waals surface area contributed by atoms with Crippen molar-refractivity contribution < 1.29 is 0 Å². The Hall–Kier alpha value is -1.58. The number of anilines is 1. The summed E-state index contributed by atoms with van der Waals surface area (Å²) in [7, 11) is 0. The summed E-state index contributed by atoms with van der Waals surface area (Å²) in [4.78, 5) is 11.7. The third-order valence-corrected chi connectivity index (χ3v) is 2.13. The SMILES string of the molecule is CC(C)(C)c1nc2c(N)cncc2[nH]1. The third kappa shape index (κ3) is 1.32. The maximum Gasteiger partial charge on any atom is 0.115 e. The Morgan fingerprint density at radius 2 is 2.00 bits per heavy atom. The Morgan fingerprint density at radius 3 is 2.57 bits per heavy atom. The summed E-state index contributed by atoms with van der Waals surface area (Å²) in [5, 5.41) is 0. The number of hydrogen-bond donors (Lipinski definition) is 2. The number of pyridine rings is 1. The molecular weight excluding hydrogens is 176 g/mol. The van der Waals surface area contributed by atoms with E-state index in [0.29, 0.717) is 5.69 Å². The van der Waals surface area contributed by atoms with Crippen molar-refractivity contribution in [3.05, 3.63) is 18.2 Å². The van der Waals surface area contributed by atoms with Gasteiger partial charge < -0.3 is 10.7 Å². The predicted octanol–water partition coefficient (Wildman–Crippen LogP) is 1.84. The molecule has 14 heavy (non-hydrogen) atoms. The normalized spacial score (nSPS) is 12.2. The van der Waals surface area contributed by atoms with Crippen LogP contribution in [0, 0.1) is 0 Å². The fourth-order valence-electron chi connectivity index (χ4n) is 1.31. The fraction of sp³-hybridized carbons (Fsp3) is 0.400. The van der Waals surface area contributed by atoms with E-state index < -0.39 is 0 Å². The summed E-state index contributed by atoms with van der Waals surface area (Å²) in [6, 6.07) is 0. The molecule has 3 N–H and O–H groups in total. The molecule has 0 aliphatic heterocycles. The molecular formula is C10H14N4. The number of hydrogen-bond acceptors (Lipinski definition) is 3. The second kappa shape index (κ2) is 2.70. The molecule has 74 valence electrons. The maximum atomic E-state index is 5.77. The molecule has 4 heteroatoms. The van der Waals surface area contributed by atoms with Gasteiger partial charge in [0, 0.05) is 5.41 Å². The van der Waals surface area contributed by atoms with Gasteiger partial charge in [0.25, 0.3) is 0 Å². The maximum absolute atomic E-state index is 5.77. The fourth-order valence-corrected chi connectivity index (χ4v) is 1.31. The third-order valence-electron chi connectivity index (χ3n) is 2.13. The van der Waals surface area contributed by atoms with Crippen molar-refractivity contribution in [1.29, 1.82) is 0 Å². The Bertz CT molecular complexity index is 464. The minimum Gasteiger partial charge on any atom is -0.396 e. The monoisotopic (exact) mass is 190 g/mol. The second-order valence-corrected chi connectivity index (χ2v) is 4.46. The minimum absolute atomic E-state index is 0.00542. The van der Waals surface area contributed by atoms with Crippen molar-refractivity contribution in [3.63, 3.8) is 0 Å². The molecule has 0 atom stereocenters. The number of H-pyrrole nitrogens is 1. The molecule has 2 rings (SSSR count). The number of nitrogens with two attached hydrogens (primary N) is 1. The van der Waals surface area contributed by atoms with E-state index in [9.17, 15) is 0 Å². The first-order valence-corrected chi connectivity index (χ1v) is 4.58. The van der Waals surface area contributed by atoms with Gasteiger partial charge in [-0.05, 0) is 0 Å². The van der Waals surface area contributed by atoms with Crippen LogP contribution in [-0.4, -0.2) is 15.0 Å². The summed E-state index contributed by atoms with van der Waals surface area (Å²) >= 11 is 0. The number of nitrogens with one attached hydrogen (secondary N) is 1. The molecule has 0 unspecified atom stereocenters. The van der Waals surface area contributed by atoms with Crippen LogP contribution >= 0.6 is 0 Å². The predicted molar refractivity (Wildman–Crippen MR) is 57.0 cm³/mol. The lowest BCUT2D eigenvalue weighted by atomic mass is 9.96. The van der Waals surface area contributed by atoms with Crippen molar-refractivity contribution >= 4 is 16.7 Å². The number of nitrogen functional groups attached to an aromatic ring is 1. The van der Waals surface area contributed by atoms with Gasteiger partial charge in [0.1, 0.15) is 11.3 Å². The van der Waals surface area contributed by atoms with Crippen LogP contribution in [-0.2, 0) is 5.41 Å². The number of rotatable bonds is 0. The van der Waals surface area contributed by atoms with Crippen molar-refractivity contribution in [2.24, 2.45) is 0 Å². The Balaban J connectivity index is 2.69. The zero-order valence-electron chi connectivity index (χ0n) is 8.63. The Kier molecular flexibility index (Phi) is 1.74. The number of aromatic nitrogens is 3. The molecule has 0 amide bonds. The van der Waals surface area contributed by atoms with E-state index in [-0.39, 0.29) is 5.41 Å². The highest BCUT2D eigenvalue weighted by atomic mass is 15.0. The van der Waals surface area contributed by atoms with Crippen molar-refractivity contribution in [2.45, 2.75) is 26.2 Å². The zero-order valence-corrected chi connectivity index (χ0v) is 8.63. The molecule has 0 spiro atoms. The highest BCUT2D eigenvalue weighted by Gasteiger charge is 2.18. The van der Waals surface area contributed by atoms with E-state index in [1.807, 2.05) is 0 Å². The van der Waals surface area contributed by atoms with Gasteiger partial charge in [0.2, 0.25) is 0 Å². The average Bonchev–Trinajstić information content (AvgIpc) is 2.48. The van der Waals surface area contributed by atoms with Crippen LogP contribution in [0.1, 0.15) is 26.6 Å². The van der Waals surface area contributed by atoms with E-state index >= 15 is 0 Å². The van der Waals surface area contributed by atoms with E-state index in [4.69, 9.17) is 5.73 Å². The van der Waals surface area contributed by atoms with Crippen LogP contribution < -0.4 is 5.73 Å². The number of fused-ring (bicyclic) bond motifs is 1. The van der Waals surface area contributed by atoms with Crippen molar-refractivity contribution in [1.82, 2.24) is 15.0 Å². The van der Waals surface area contributed by atoms with E-state index in [2.05, 4.69) is 35.7 Å². The van der Waals surface area contributed by atoms with Crippen LogP contribution in [0.3, 0.4) is 0 Å². The number of nitrogens with zero attached hydrogens (tertiary/aromatic N) is 2. The molecule has 0 aromatic carbocycles. The van der Waals surface area contributed by atoms with Crippen molar-refractivity contribution in [2.75, 3.05) is 5.73 Å². The van der Waals surface area contributed by atoms with Gasteiger partial charge in [-0.25, -0.2) is 4.98 Å². The molecule has 0 saturated heterocycles. The molecule has 0 aliphatic rings. The first-order valence-electron chi connectivity index (χ1n) is 4.58. The molecule has 0 fully saturated rings. The van der Waals surface area contributed by atoms with Gasteiger partial charge >= 0.3 is 0 Å². The molecule has 2 heterocycles. The van der Waals surface area contributed by atoms with Gasteiger partial charge in [-0.3, -0.25) is 4.98 Å². The summed E-state index contributed by atoms with van der Waals surface area (Å²) < 4.78 is 0. The van der Waals surface area contributed by atoms with E-state index in [1.54, 1.807) is 12.4 Å². The first-order chi connectivity index (χ1) is 6.48. The molecule has 4 nitrogen and oxygen atoms in total. The first kappa shape index (κ1) is 8.99. The van der Waals surface area contributed by atoms with E-state index in [1.165, 1.54) is 0 Å². The quantitative estimate of drug-likeness (QED) is 0.666. The summed E-state index contributed by atoms with van der Waals surface area (Å²) in [6.07, 6.45) is 3.36. The standard InChI is InChI=1S/C10H14N4/c1-10(2,3)9-13-7-5-12-4-6(11)8(7)14-9/h4-5H,11H2,1-3H3,(H,13,14). The lowest BCUT2D eigenvalue weighted by Gasteiger charge is -2.13. The van der Waals surface area contributed by atoms with Crippen LogP contribution in [0.15, 0.2) is 12.4 Å².